The van der Waals surface area contributed by atoms with Crippen molar-refractivity contribution in [3.63, 3.8) is 0 Å². The molecule has 0 bridgehead atoms. The van der Waals surface area contributed by atoms with Crippen molar-refractivity contribution in [2.24, 2.45) is 7.05 Å². The molecule has 2 heterocycles. The number of fused-ring (bicyclic) bond motifs is 1. The number of thioether (sulfide) groups is 1. The van der Waals surface area contributed by atoms with Crippen molar-refractivity contribution in [1.82, 2.24) is 9.55 Å². The zero-order valence-corrected chi connectivity index (χ0v) is 15.0. The van der Waals surface area contributed by atoms with Crippen LogP contribution in [0.4, 0.5) is 0 Å². The third kappa shape index (κ3) is 3.26. The molecule has 0 fully saturated rings. The third-order valence-corrected chi connectivity index (χ3v) is 5.87. The highest BCUT2D eigenvalue weighted by Crippen LogP contribution is 2.28. The molecule has 3 aromatic rings. The lowest BCUT2D eigenvalue weighted by Gasteiger charge is -2.05. The summed E-state index contributed by atoms with van der Waals surface area (Å²) in [7, 11) is 1.80. The highest BCUT2D eigenvalue weighted by molar-refractivity contribution is 7.99. The van der Waals surface area contributed by atoms with Crippen molar-refractivity contribution in [2.45, 2.75) is 19.0 Å². The molecule has 0 spiro atoms. The van der Waals surface area contributed by atoms with Gasteiger partial charge >= 0.3 is 0 Å². The smallest absolute Gasteiger partial charge is 0.262 e. The molecule has 118 valence electrons. The first-order valence-corrected chi connectivity index (χ1v) is 9.19. The number of aryl methyl sites for hydroxylation is 2. The first-order valence-electron chi connectivity index (χ1n) is 7.39. The lowest BCUT2D eigenvalue weighted by Crippen LogP contribution is -2.19. The Hall–Kier alpha value is -1.85. The molecule has 0 atom stereocenters. The summed E-state index contributed by atoms with van der Waals surface area (Å²) in [6.07, 6.45) is 4.18. The number of thiophene rings is 1. The molecule has 0 N–H and O–H groups in total. The number of nitrogens with zero attached hydrogens (tertiary/aromatic N) is 2. The van der Waals surface area contributed by atoms with Gasteiger partial charge in [-0.25, -0.2) is 4.98 Å². The van der Waals surface area contributed by atoms with Gasteiger partial charge in [-0.2, -0.15) is 0 Å². The standard InChI is InChI=1S/C18H18N2OS2/c1-12-13(2)23-16-15(12)17(21)20(3)18(19-16)22-11-7-10-14-8-5-4-6-9-14/h4-10H,11H2,1-3H3. The Morgan fingerprint density at radius 3 is 2.74 bits per heavy atom. The molecule has 23 heavy (non-hydrogen) atoms. The van der Waals surface area contributed by atoms with Gasteiger partial charge in [0.2, 0.25) is 0 Å². The second-order valence-corrected chi connectivity index (χ2v) is 7.54. The van der Waals surface area contributed by atoms with Gasteiger partial charge in [0.05, 0.1) is 5.39 Å². The fourth-order valence-electron chi connectivity index (χ4n) is 2.36. The third-order valence-electron chi connectivity index (χ3n) is 3.79. The predicted molar refractivity (Wildman–Crippen MR) is 101 cm³/mol. The first kappa shape index (κ1) is 16.0. The molecule has 0 aliphatic rings. The minimum Gasteiger partial charge on any atom is -0.290 e. The molecule has 0 saturated carbocycles. The van der Waals surface area contributed by atoms with Crippen LogP contribution in [-0.4, -0.2) is 15.3 Å². The SMILES string of the molecule is Cc1sc2nc(SCC=Cc3ccccc3)n(C)c(=O)c2c1C. The average Bonchev–Trinajstić information content (AvgIpc) is 2.84. The van der Waals surface area contributed by atoms with Crippen molar-refractivity contribution >= 4 is 39.4 Å². The van der Waals surface area contributed by atoms with E-state index in [-0.39, 0.29) is 5.56 Å². The van der Waals surface area contributed by atoms with E-state index < -0.39 is 0 Å². The minimum absolute atomic E-state index is 0.0476. The Morgan fingerprint density at radius 1 is 1.26 bits per heavy atom. The van der Waals surface area contributed by atoms with Crippen molar-refractivity contribution < 1.29 is 0 Å². The van der Waals surface area contributed by atoms with Crippen LogP contribution in [0.1, 0.15) is 16.0 Å². The van der Waals surface area contributed by atoms with Gasteiger partial charge < -0.3 is 0 Å². The van der Waals surface area contributed by atoms with Crippen molar-refractivity contribution in [3.05, 3.63) is 62.8 Å². The number of rotatable bonds is 4. The Morgan fingerprint density at radius 2 is 2.00 bits per heavy atom. The normalized spacial score (nSPS) is 11.6. The summed E-state index contributed by atoms with van der Waals surface area (Å²) in [6.45, 7) is 4.03. The molecule has 1 aromatic carbocycles. The van der Waals surface area contributed by atoms with Crippen LogP contribution in [-0.2, 0) is 7.05 Å². The van der Waals surface area contributed by atoms with Crippen LogP contribution >= 0.6 is 23.1 Å². The molecule has 3 rings (SSSR count). The molecule has 0 unspecified atom stereocenters. The molecule has 2 aromatic heterocycles. The van der Waals surface area contributed by atoms with Crippen LogP contribution in [0, 0.1) is 13.8 Å². The summed E-state index contributed by atoms with van der Waals surface area (Å²) in [5.74, 6) is 0.782. The highest BCUT2D eigenvalue weighted by Gasteiger charge is 2.14. The second-order valence-electron chi connectivity index (χ2n) is 5.35. The fourth-order valence-corrected chi connectivity index (χ4v) is 4.21. The van der Waals surface area contributed by atoms with E-state index in [0.717, 1.165) is 31.6 Å². The summed E-state index contributed by atoms with van der Waals surface area (Å²) in [6, 6.07) is 10.2. The summed E-state index contributed by atoms with van der Waals surface area (Å²) in [4.78, 5) is 19.2. The lowest BCUT2D eigenvalue weighted by atomic mass is 10.2. The van der Waals surface area contributed by atoms with Crippen LogP contribution in [0.3, 0.4) is 0 Å². The van der Waals surface area contributed by atoms with E-state index in [4.69, 9.17) is 0 Å². The van der Waals surface area contributed by atoms with Crippen molar-refractivity contribution in [1.29, 1.82) is 0 Å². The summed E-state index contributed by atoms with van der Waals surface area (Å²) in [5, 5.41) is 1.53. The van der Waals surface area contributed by atoms with Gasteiger partial charge in [-0.3, -0.25) is 9.36 Å². The maximum absolute atomic E-state index is 12.5. The largest absolute Gasteiger partial charge is 0.290 e. The van der Waals surface area contributed by atoms with E-state index in [0.29, 0.717) is 0 Å². The van der Waals surface area contributed by atoms with Gasteiger partial charge in [-0.1, -0.05) is 54.2 Å². The summed E-state index contributed by atoms with van der Waals surface area (Å²) >= 11 is 3.18. The number of benzene rings is 1. The van der Waals surface area contributed by atoms with Crippen LogP contribution < -0.4 is 5.56 Å². The summed E-state index contributed by atoms with van der Waals surface area (Å²) in [5.41, 5.74) is 2.28. The average molecular weight is 342 g/mol. The number of hydrogen-bond acceptors (Lipinski definition) is 4. The molecular formula is C18H18N2OS2. The van der Waals surface area contributed by atoms with Crippen LogP contribution in [0.2, 0.25) is 0 Å². The molecule has 0 amide bonds. The Balaban J connectivity index is 1.82. The lowest BCUT2D eigenvalue weighted by molar-refractivity contribution is 0.728. The Labute approximate surface area is 143 Å². The Kier molecular flexibility index (Phi) is 4.68. The van der Waals surface area contributed by atoms with E-state index in [1.807, 2.05) is 32.0 Å². The monoisotopic (exact) mass is 342 g/mol. The van der Waals surface area contributed by atoms with Gasteiger partial charge in [0.15, 0.2) is 5.16 Å². The fraction of sp³-hybridized carbons (Fsp3) is 0.222. The molecular weight excluding hydrogens is 324 g/mol. The minimum atomic E-state index is 0.0476. The quantitative estimate of drug-likeness (QED) is 0.520. The zero-order chi connectivity index (χ0) is 16.4. The van der Waals surface area contributed by atoms with Gasteiger partial charge in [0, 0.05) is 17.7 Å². The van der Waals surface area contributed by atoms with E-state index >= 15 is 0 Å². The van der Waals surface area contributed by atoms with Gasteiger partial charge in [-0.15, -0.1) is 11.3 Å². The van der Waals surface area contributed by atoms with Crippen molar-refractivity contribution in [3.8, 4) is 0 Å². The first-order chi connectivity index (χ1) is 11.1. The molecule has 0 aliphatic carbocycles. The molecule has 5 heteroatoms. The molecule has 3 nitrogen and oxygen atoms in total. The highest BCUT2D eigenvalue weighted by atomic mass is 32.2. The van der Waals surface area contributed by atoms with Gasteiger partial charge in [-0.05, 0) is 25.0 Å². The molecule has 0 aliphatic heterocycles. The van der Waals surface area contributed by atoms with Crippen molar-refractivity contribution in [2.75, 3.05) is 5.75 Å². The van der Waals surface area contributed by atoms with Crippen LogP contribution in [0.15, 0.2) is 46.4 Å². The van der Waals surface area contributed by atoms with E-state index in [2.05, 4.69) is 29.3 Å². The topological polar surface area (TPSA) is 34.9 Å². The van der Waals surface area contributed by atoms with Gasteiger partial charge in [0.25, 0.3) is 5.56 Å². The maximum atomic E-state index is 12.5. The Bertz CT molecular complexity index is 924. The molecule has 0 radical (unpaired) electrons. The van der Waals surface area contributed by atoms with E-state index in [1.54, 1.807) is 34.7 Å². The zero-order valence-electron chi connectivity index (χ0n) is 13.4. The summed E-state index contributed by atoms with van der Waals surface area (Å²) < 4.78 is 1.66. The number of hydrogen-bond donors (Lipinski definition) is 0. The maximum Gasteiger partial charge on any atom is 0.262 e. The molecule has 0 saturated heterocycles. The van der Waals surface area contributed by atoms with Crippen LogP contribution in [0.25, 0.3) is 16.3 Å². The predicted octanol–water partition coefficient (Wildman–Crippen LogP) is 4.42. The van der Waals surface area contributed by atoms with Gasteiger partial charge in [0.1, 0.15) is 4.83 Å². The van der Waals surface area contributed by atoms with Crippen LogP contribution in [0.5, 0.6) is 0 Å². The number of aromatic nitrogens is 2. The van der Waals surface area contributed by atoms with E-state index in [1.165, 1.54) is 5.56 Å². The second kappa shape index (κ2) is 6.72. The van der Waals surface area contributed by atoms with E-state index in [9.17, 15) is 4.79 Å².